The predicted molar refractivity (Wildman–Crippen MR) is 71.4 cm³/mol. The molecule has 0 bridgehead atoms. The highest BCUT2D eigenvalue weighted by Gasteiger charge is 2.23. The fourth-order valence-corrected chi connectivity index (χ4v) is 2.27. The van der Waals surface area contributed by atoms with E-state index in [0.717, 1.165) is 11.5 Å². The zero-order valence-corrected chi connectivity index (χ0v) is 10.4. The Morgan fingerprint density at radius 3 is 2.94 bits per heavy atom. The molecule has 1 atom stereocenters. The summed E-state index contributed by atoms with van der Waals surface area (Å²) in [7, 11) is 0. The van der Waals surface area contributed by atoms with Crippen molar-refractivity contribution in [3.63, 3.8) is 0 Å². The molecule has 0 aromatic heterocycles. The number of ether oxygens (including phenoxy) is 2. The summed E-state index contributed by atoms with van der Waals surface area (Å²) >= 11 is 0. The van der Waals surface area contributed by atoms with E-state index in [-0.39, 0.29) is 0 Å². The van der Waals surface area contributed by atoms with Crippen LogP contribution in [0.15, 0.2) is 48.5 Å². The van der Waals surface area contributed by atoms with Gasteiger partial charge in [-0.3, -0.25) is 0 Å². The summed E-state index contributed by atoms with van der Waals surface area (Å²) in [5.74, 6) is 2.26. The maximum absolute atomic E-state index is 5.85. The van der Waals surface area contributed by atoms with Crippen LogP contribution >= 0.6 is 0 Å². The van der Waals surface area contributed by atoms with Gasteiger partial charge in [-0.1, -0.05) is 30.3 Å². The molecule has 0 aliphatic carbocycles. The molecular formula is C16H16O2. The normalized spacial score (nSPS) is 17.1. The molecule has 1 unspecified atom stereocenters. The van der Waals surface area contributed by atoms with E-state index in [2.05, 4.69) is 25.1 Å². The van der Waals surface area contributed by atoms with E-state index in [1.54, 1.807) is 0 Å². The van der Waals surface area contributed by atoms with Crippen molar-refractivity contribution in [3.05, 3.63) is 59.7 Å². The van der Waals surface area contributed by atoms with Gasteiger partial charge in [0, 0.05) is 5.56 Å². The average Bonchev–Trinajstić information content (AvgIpc) is 2.80. The lowest BCUT2D eigenvalue weighted by molar-refractivity contribution is 0.248. The molecule has 0 radical (unpaired) electrons. The molecule has 1 aliphatic heterocycles. The van der Waals surface area contributed by atoms with Crippen molar-refractivity contribution in [1.82, 2.24) is 0 Å². The van der Waals surface area contributed by atoms with Crippen LogP contribution in [-0.2, 0) is 0 Å². The second kappa shape index (κ2) is 4.73. The van der Waals surface area contributed by atoms with E-state index in [0.29, 0.717) is 19.1 Å². The third kappa shape index (κ3) is 2.19. The Hall–Kier alpha value is -1.96. The van der Waals surface area contributed by atoms with E-state index >= 15 is 0 Å². The zero-order chi connectivity index (χ0) is 12.4. The smallest absolute Gasteiger partial charge is 0.123 e. The molecule has 0 amide bonds. The Morgan fingerprint density at radius 2 is 2.06 bits per heavy atom. The first-order chi connectivity index (χ1) is 8.83. The molecule has 0 fully saturated rings. The van der Waals surface area contributed by atoms with Gasteiger partial charge in [-0.25, -0.2) is 0 Å². The van der Waals surface area contributed by atoms with Crippen molar-refractivity contribution in [2.24, 2.45) is 0 Å². The summed E-state index contributed by atoms with van der Waals surface area (Å²) in [6, 6.07) is 16.3. The van der Waals surface area contributed by atoms with Crippen molar-refractivity contribution < 1.29 is 9.47 Å². The molecule has 2 aromatic carbocycles. The lowest BCUT2D eigenvalue weighted by Crippen LogP contribution is -2.11. The van der Waals surface area contributed by atoms with Crippen LogP contribution in [0.4, 0.5) is 0 Å². The van der Waals surface area contributed by atoms with Crippen LogP contribution in [0.5, 0.6) is 11.5 Å². The second-order valence-electron chi connectivity index (χ2n) is 4.67. The molecular weight excluding hydrogens is 224 g/mol. The van der Waals surface area contributed by atoms with Gasteiger partial charge in [0.05, 0.1) is 19.1 Å². The first kappa shape index (κ1) is 11.1. The number of benzene rings is 2. The van der Waals surface area contributed by atoms with Gasteiger partial charge in [0.25, 0.3) is 0 Å². The van der Waals surface area contributed by atoms with Crippen molar-refractivity contribution >= 4 is 0 Å². The van der Waals surface area contributed by atoms with Gasteiger partial charge in [-0.15, -0.1) is 0 Å². The Kier molecular flexibility index (Phi) is 2.93. The number of hydrogen-bond acceptors (Lipinski definition) is 2. The molecule has 2 aromatic rings. The van der Waals surface area contributed by atoms with Crippen molar-refractivity contribution in [1.29, 1.82) is 0 Å². The highest BCUT2D eigenvalue weighted by Crippen LogP contribution is 2.33. The first-order valence-electron chi connectivity index (χ1n) is 6.24. The maximum Gasteiger partial charge on any atom is 0.123 e. The largest absolute Gasteiger partial charge is 0.493 e. The van der Waals surface area contributed by atoms with E-state index in [1.807, 2.05) is 30.3 Å². The van der Waals surface area contributed by atoms with Crippen molar-refractivity contribution in [3.8, 4) is 11.5 Å². The molecule has 3 rings (SSSR count). The van der Waals surface area contributed by atoms with Gasteiger partial charge >= 0.3 is 0 Å². The lowest BCUT2D eigenvalue weighted by atomic mass is 10.0. The molecule has 2 heteroatoms. The topological polar surface area (TPSA) is 18.5 Å². The quantitative estimate of drug-likeness (QED) is 0.816. The van der Waals surface area contributed by atoms with Crippen LogP contribution in [-0.4, -0.2) is 13.2 Å². The maximum atomic E-state index is 5.85. The summed E-state index contributed by atoms with van der Waals surface area (Å²) in [6.45, 7) is 3.45. The van der Waals surface area contributed by atoms with Gasteiger partial charge in [-0.05, 0) is 30.7 Å². The first-order valence-corrected chi connectivity index (χ1v) is 6.24. The molecule has 92 valence electrons. The van der Waals surface area contributed by atoms with Gasteiger partial charge in [0.2, 0.25) is 0 Å². The molecule has 18 heavy (non-hydrogen) atoms. The van der Waals surface area contributed by atoms with Crippen LogP contribution in [0.2, 0.25) is 0 Å². The fourth-order valence-electron chi connectivity index (χ4n) is 2.27. The zero-order valence-electron chi connectivity index (χ0n) is 10.4. The van der Waals surface area contributed by atoms with Crippen LogP contribution in [0.1, 0.15) is 17.0 Å². The standard InChI is InChI=1S/C16H16O2/c1-12-5-4-6-14(9-12)17-10-13-11-18-16-8-3-2-7-15(13)16/h2-9,13H,10-11H2,1H3. The molecule has 1 aliphatic rings. The van der Waals surface area contributed by atoms with Gasteiger partial charge in [-0.2, -0.15) is 0 Å². The summed E-state index contributed by atoms with van der Waals surface area (Å²) in [5.41, 5.74) is 2.47. The molecule has 1 heterocycles. The monoisotopic (exact) mass is 240 g/mol. The predicted octanol–water partition coefficient (Wildman–Crippen LogP) is 3.55. The number of hydrogen-bond donors (Lipinski definition) is 0. The highest BCUT2D eigenvalue weighted by atomic mass is 16.5. The Morgan fingerprint density at radius 1 is 1.17 bits per heavy atom. The lowest BCUT2D eigenvalue weighted by Gasteiger charge is -2.11. The van der Waals surface area contributed by atoms with Crippen LogP contribution in [0.3, 0.4) is 0 Å². The Labute approximate surface area is 107 Å². The number of rotatable bonds is 3. The summed E-state index contributed by atoms with van der Waals surface area (Å²) < 4.78 is 11.5. The molecule has 2 nitrogen and oxygen atoms in total. The highest BCUT2D eigenvalue weighted by molar-refractivity contribution is 5.39. The molecule has 0 N–H and O–H groups in total. The number of fused-ring (bicyclic) bond motifs is 1. The fraction of sp³-hybridized carbons (Fsp3) is 0.250. The third-order valence-electron chi connectivity index (χ3n) is 3.24. The van der Waals surface area contributed by atoms with Gasteiger partial charge in [0.1, 0.15) is 11.5 Å². The van der Waals surface area contributed by atoms with Crippen LogP contribution in [0, 0.1) is 6.92 Å². The van der Waals surface area contributed by atoms with Crippen molar-refractivity contribution in [2.75, 3.05) is 13.2 Å². The van der Waals surface area contributed by atoms with E-state index in [1.165, 1.54) is 11.1 Å². The molecule has 0 saturated heterocycles. The van der Waals surface area contributed by atoms with E-state index in [9.17, 15) is 0 Å². The molecule has 0 spiro atoms. The van der Waals surface area contributed by atoms with Crippen molar-refractivity contribution in [2.45, 2.75) is 12.8 Å². The minimum Gasteiger partial charge on any atom is -0.493 e. The summed E-state index contributed by atoms with van der Waals surface area (Å²) in [5, 5.41) is 0. The van der Waals surface area contributed by atoms with Gasteiger partial charge in [0.15, 0.2) is 0 Å². The second-order valence-corrected chi connectivity index (χ2v) is 4.67. The number of para-hydroxylation sites is 1. The Bertz CT molecular complexity index is 548. The van der Waals surface area contributed by atoms with Crippen LogP contribution in [0.25, 0.3) is 0 Å². The minimum absolute atomic E-state index is 0.335. The average molecular weight is 240 g/mol. The summed E-state index contributed by atoms with van der Waals surface area (Å²) in [6.07, 6.45) is 0. The van der Waals surface area contributed by atoms with Gasteiger partial charge < -0.3 is 9.47 Å². The molecule has 0 saturated carbocycles. The summed E-state index contributed by atoms with van der Waals surface area (Å²) in [4.78, 5) is 0. The van der Waals surface area contributed by atoms with E-state index < -0.39 is 0 Å². The third-order valence-corrected chi connectivity index (χ3v) is 3.24. The van der Waals surface area contributed by atoms with Crippen LogP contribution < -0.4 is 9.47 Å². The number of aryl methyl sites for hydroxylation is 1. The Balaban J connectivity index is 1.69. The minimum atomic E-state index is 0.335. The van der Waals surface area contributed by atoms with E-state index in [4.69, 9.17) is 9.47 Å². The SMILES string of the molecule is Cc1cccc(OCC2COc3ccccc32)c1.